The van der Waals surface area contributed by atoms with Crippen LogP contribution in [0, 0.1) is 11.3 Å². The van der Waals surface area contributed by atoms with Crippen LogP contribution in [0.5, 0.6) is 6.01 Å². The van der Waals surface area contributed by atoms with Gasteiger partial charge in [0.05, 0.1) is 18.3 Å². The van der Waals surface area contributed by atoms with E-state index in [0.29, 0.717) is 31.2 Å². The Kier molecular flexibility index (Phi) is 6.34. The number of amides is 1. The normalized spacial score (nSPS) is 25.7. The number of aryl methyl sites for hydroxylation is 1. The van der Waals surface area contributed by atoms with Crippen molar-refractivity contribution in [1.29, 1.82) is 5.26 Å². The molecule has 2 unspecified atom stereocenters. The summed E-state index contributed by atoms with van der Waals surface area (Å²) < 4.78 is 6.17. The van der Waals surface area contributed by atoms with Gasteiger partial charge in [0, 0.05) is 43.8 Å². The van der Waals surface area contributed by atoms with E-state index >= 15 is 0 Å². The Bertz CT molecular complexity index is 1230. The topological polar surface area (TPSA) is 109 Å². The van der Waals surface area contributed by atoms with Gasteiger partial charge >= 0.3 is 12.1 Å². The summed E-state index contributed by atoms with van der Waals surface area (Å²) in [5.41, 5.74) is 4.85. The molecule has 1 N–H and O–H groups in total. The summed E-state index contributed by atoms with van der Waals surface area (Å²) in [7, 11) is 2.12. The Morgan fingerprint density at radius 1 is 1.19 bits per heavy atom. The number of anilines is 1. The van der Waals surface area contributed by atoms with Crippen LogP contribution < -0.4 is 9.64 Å². The minimum atomic E-state index is -1.06. The molecule has 10 heteroatoms. The first kappa shape index (κ1) is 23.9. The number of benzene rings is 1. The summed E-state index contributed by atoms with van der Waals surface area (Å²) in [6.07, 6.45) is 3.37. The lowest BCUT2D eigenvalue weighted by Gasteiger charge is -2.38. The fraction of sp³-hybridized carbons (Fsp3) is 0.556. The Balaban J connectivity index is 1.29. The van der Waals surface area contributed by atoms with Crippen LogP contribution >= 0.6 is 0 Å². The van der Waals surface area contributed by atoms with Crippen LogP contribution in [-0.2, 0) is 19.5 Å². The molecule has 4 heterocycles. The number of hydrogen-bond donors (Lipinski definition) is 1. The smallest absolute Gasteiger partial charge is 0.408 e. The summed E-state index contributed by atoms with van der Waals surface area (Å²) in [6, 6.07) is 11.2. The van der Waals surface area contributed by atoms with Crippen LogP contribution in [0.4, 0.5) is 10.6 Å². The van der Waals surface area contributed by atoms with Crippen molar-refractivity contribution in [3.05, 3.63) is 46.6 Å². The monoisotopic (exact) mass is 503 g/mol. The van der Waals surface area contributed by atoms with E-state index in [1.165, 1.54) is 22.4 Å². The van der Waals surface area contributed by atoms with Crippen molar-refractivity contribution in [2.75, 3.05) is 44.7 Å². The molecule has 1 aromatic carbocycles. The first-order valence-corrected chi connectivity index (χ1v) is 13.2. The standard InChI is InChI=1S/C27H33N7O3/c1-31-10-4-6-19(31)17-37-26-29-23-16-33(24-9-8-18-5-2-3-7-21(18)24)15-22(23)25(30-26)32-11-12-34(27(35)36)20(13-28)14-32/h2-3,5,7,19-20,24H,4,6,8-12,14-17H2,1H3,(H,35,36)/t19?,20-,24?/m0/s1. The zero-order valence-corrected chi connectivity index (χ0v) is 21.2. The Morgan fingerprint density at radius 2 is 2.05 bits per heavy atom. The van der Waals surface area contributed by atoms with E-state index in [4.69, 9.17) is 14.7 Å². The molecule has 2 fully saturated rings. The number of carboxylic acid groups (broad SMARTS) is 1. The van der Waals surface area contributed by atoms with Gasteiger partial charge in [0.25, 0.3) is 0 Å². The van der Waals surface area contributed by atoms with Gasteiger partial charge < -0.3 is 19.6 Å². The molecule has 0 spiro atoms. The number of carbonyl (C=O) groups is 1. The Labute approximate surface area is 217 Å². The van der Waals surface area contributed by atoms with E-state index in [0.717, 1.165) is 56.0 Å². The van der Waals surface area contributed by atoms with Crippen molar-refractivity contribution in [2.24, 2.45) is 0 Å². The minimum absolute atomic E-state index is 0.259. The SMILES string of the molecule is CN1CCCC1COc1nc2c(c(N3CCN(C(=O)O)[C@@H](C#N)C3)n1)CN(C1CCc3ccccc31)C2. The summed E-state index contributed by atoms with van der Waals surface area (Å²) in [6.45, 7) is 4.09. The molecule has 3 atom stereocenters. The lowest BCUT2D eigenvalue weighted by atomic mass is 10.1. The van der Waals surface area contributed by atoms with Gasteiger partial charge in [-0.3, -0.25) is 9.80 Å². The molecular weight excluding hydrogens is 470 g/mol. The molecule has 1 amide bonds. The fourth-order valence-electron chi connectivity index (χ4n) is 6.37. The largest absolute Gasteiger partial charge is 0.465 e. The first-order valence-electron chi connectivity index (χ1n) is 13.2. The summed E-state index contributed by atoms with van der Waals surface area (Å²) in [5, 5.41) is 19.2. The lowest BCUT2D eigenvalue weighted by molar-refractivity contribution is 0.130. The number of hydrogen-bond acceptors (Lipinski definition) is 8. The maximum atomic E-state index is 11.6. The summed E-state index contributed by atoms with van der Waals surface area (Å²) in [4.78, 5) is 29.4. The third-order valence-corrected chi connectivity index (χ3v) is 8.46. The number of piperazine rings is 1. The number of rotatable bonds is 5. The van der Waals surface area contributed by atoms with Crippen LogP contribution in [0.1, 0.15) is 47.7 Å². The van der Waals surface area contributed by atoms with Crippen LogP contribution in [0.2, 0.25) is 0 Å². The minimum Gasteiger partial charge on any atom is -0.465 e. The molecule has 4 aliphatic rings. The molecule has 194 valence electrons. The van der Waals surface area contributed by atoms with Crippen LogP contribution in [-0.4, -0.2) is 87.8 Å². The zero-order valence-electron chi connectivity index (χ0n) is 21.2. The Morgan fingerprint density at radius 3 is 2.84 bits per heavy atom. The number of nitriles is 1. The second kappa shape index (κ2) is 9.80. The average Bonchev–Trinajstić information content (AvgIpc) is 3.64. The Hall–Kier alpha value is -3.42. The highest BCUT2D eigenvalue weighted by atomic mass is 16.5. The molecule has 37 heavy (non-hydrogen) atoms. The molecule has 1 aromatic heterocycles. The summed E-state index contributed by atoms with van der Waals surface area (Å²) in [5.74, 6) is 0.777. The van der Waals surface area contributed by atoms with Crippen molar-refractivity contribution in [3.8, 4) is 12.1 Å². The van der Waals surface area contributed by atoms with Crippen molar-refractivity contribution < 1.29 is 14.6 Å². The van der Waals surface area contributed by atoms with Crippen molar-refractivity contribution in [3.63, 3.8) is 0 Å². The van der Waals surface area contributed by atoms with E-state index in [9.17, 15) is 15.2 Å². The molecule has 0 radical (unpaired) electrons. The maximum absolute atomic E-state index is 11.6. The second-order valence-corrected chi connectivity index (χ2v) is 10.6. The third kappa shape index (κ3) is 4.47. The van der Waals surface area contributed by atoms with Gasteiger partial charge in [-0.1, -0.05) is 24.3 Å². The number of aromatic nitrogens is 2. The number of ether oxygens (including phenoxy) is 1. The molecule has 6 rings (SSSR count). The van der Waals surface area contributed by atoms with E-state index in [-0.39, 0.29) is 13.1 Å². The average molecular weight is 504 g/mol. The fourth-order valence-corrected chi connectivity index (χ4v) is 6.37. The van der Waals surface area contributed by atoms with E-state index in [2.05, 4.69) is 52.1 Å². The molecule has 1 aliphatic carbocycles. The third-order valence-electron chi connectivity index (χ3n) is 8.46. The molecule has 0 saturated carbocycles. The van der Waals surface area contributed by atoms with Gasteiger partial charge in [-0.15, -0.1) is 0 Å². The first-order chi connectivity index (χ1) is 18.0. The number of likely N-dealkylation sites (tertiary alicyclic amines) is 1. The van der Waals surface area contributed by atoms with Gasteiger partial charge in [-0.05, 0) is 50.4 Å². The number of nitrogens with zero attached hydrogens (tertiary/aromatic N) is 7. The molecule has 2 saturated heterocycles. The van der Waals surface area contributed by atoms with Gasteiger partial charge in [-0.2, -0.15) is 15.2 Å². The highest BCUT2D eigenvalue weighted by Crippen LogP contribution is 2.42. The van der Waals surface area contributed by atoms with Crippen molar-refractivity contribution in [1.82, 2.24) is 24.7 Å². The maximum Gasteiger partial charge on any atom is 0.408 e. The highest BCUT2D eigenvalue weighted by Gasteiger charge is 2.38. The lowest BCUT2D eigenvalue weighted by Crippen LogP contribution is -2.54. The van der Waals surface area contributed by atoms with E-state index in [1.54, 1.807) is 0 Å². The van der Waals surface area contributed by atoms with Crippen LogP contribution in [0.15, 0.2) is 24.3 Å². The molecule has 2 aromatic rings. The van der Waals surface area contributed by atoms with Crippen LogP contribution in [0.3, 0.4) is 0 Å². The molecule has 0 bridgehead atoms. The van der Waals surface area contributed by atoms with E-state index in [1.807, 2.05) is 0 Å². The predicted octanol–water partition coefficient (Wildman–Crippen LogP) is 2.64. The van der Waals surface area contributed by atoms with Crippen molar-refractivity contribution >= 4 is 11.9 Å². The predicted molar refractivity (Wildman–Crippen MR) is 136 cm³/mol. The van der Waals surface area contributed by atoms with E-state index < -0.39 is 12.1 Å². The second-order valence-electron chi connectivity index (χ2n) is 10.6. The highest BCUT2D eigenvalue weighted by molar-refractivity contribution is 5.67. The number of fused-ring (bicyclic) bond motifs is 2. The quantitative estimate of drug-likeness (QED) is 0.659. The molecule has 10 nitrogen and oxygen atoms in total. The van der Waals surface area contributed by atoms with Gasteiger partial charge in [0.2, 0.25) is 0 Å². The van der Waals surface area contributed by atoms with Gasteiger partial charge in [0.15, 0.2) is 0 Å². The van der Waals surface area contributed by atoms with Crippen LogP contribution in [0.25, 0.3) is 0 Å². The molecular formula is C27H33N7O3. The summed E-state index contributed by atoms with van der Waals surface area (Å²) >= 11 is 0. The van der Waals surface area contributed by atoms with Gasteiger partial charge in [0.1, 0.15) is 18.5 Å². The molecule has 3 aliphatic heterocycles. The van der Waals surface area contributed by atoms with Gasteiger partial charge in [-0.25, -0.2) is 4.79 Å². The zero-order chi connectivity index (χ0) is 25.5. The number of likely N-dealkylation sites (N-methyl/N-ethyl adjacent to an activating group) is 1. The van der Waals surface area contributed by atoms with Crippen molar-refractivity contribution in [2.45, 2.75) is 56.9 Å².